The molecule has 0 saturated carbocycles. The largest absolute Gasteiger partial charge is 0.508 e. The highest BCUT2D eigenvalue weighted by molar-refractivity contribution is 5.93. The predicted octanol–water partition coefficient (Wildman–Crippen LogP) is 4.95. The molecule has 0 spiro atoms. The summed E-state index contributed by atoms with van der Waals surface area (Å²) in [7, 11) is 1.43. The number of methoxy groups -OCH3 is 1. The molecule has 3 aromatic rings. The Labute approximate surface area is 187 Å². The number of aliphatic hydroxyl groups is 1. The highest BCUT2D eigenvalue weighted by atomic mass is 16.5. The van der Waals surface area contributed by atoms with E-state index in [1.165, 1.54) is 25.5 Å². The van der Waals surface area contributed by atoms with Crippen LogP contribution in [0.3, 0.4) is 0 Å². The summed E-state index contributed by atoms with van der Waals surface area (Å²) >= 11 is 0. The molecule has 6 nitrogen and oxygen atoms in total. The van der Waals surface area contributed by atoms with Crippen molar-refractivity contribution in [3.05, 3.63) is 63.5 Å². The van der Waals surface area contributed by atoms with Crippen LogP contribution in [0.1, 0.15) is 38.8 Å². The van der Waals surface area contributed by atoms with E-state index in [4.69, 9.17) is 9.15 Å². The second-order valence-electron chi connectivity index (χ2n) is 8.57. The van der Waals surface area contributed by atoms with Crippen molar-refractivity contribution in [1.29, 1.82) is 0 Å². The van der Waals surface area contributed by atoms with Gasteiger partial charge in [-0.1, -0.05) is 37.6 Å². The van der Waals surface area contributed by atoms with Gasteiger partial charge < -0.3 is 24.5 Å². The lowest BCUT2D eigenvalue weighted by atomic mass is 9.92. The summed E-state index contributed by atoms with van der Waals surface area (Å²) in [5.74, 6) is 0.214. The minimum absolute atomic E-state index is 0.0351. The molecule has 0 aliphatic carbocycles. The van der Waals surface area contributed by atoms with E-state index in [0.717, 1.165) is 5.57 Å². The first-order chi connectivity index (χ1) is 15.1. The summed E-state index contributed by atoms with van der Waals surface area (Å²) in [6.45, 7) is 7.67. The molecular formula is C26H30O6. The average molecular weight is 439 g/mol. The SMILES string of the molecule is COc1c(C[C@H](O)C(C)C)c(O)c(CC=C(C)C)c2occ(-c3ccc(O)cc3)c(=O)c12. The Morgan fingerprint density at radius 1 is 1.12 bits per heavy atom. The summed E-state index contributed by atoms with van der Waals surface area (Å²) in [4.78, 5) is 13.6. The van der Waals surface area contributed by atoms with E-state index >= 15 is 0 Å². The highest BCUT2D eigenvalue weighted by Crippen LogP contribution is 2.41. The number of aromatic hydroxyl groups is 2. The smallest absolute Gasteiger partial charge is 0.204 e. The number of rotatable bonds is 7. The van der Waals surface area contributed by atoms with Gasteiger partial charge in [0, 0.05) is 17.5 Å². The molecule has 3 rings (SSSR count). The number of phenolic OH excluding ortho intramolecular Hbond substituents is 2. The molecule has 1 atom stereocenters. The van der Waals surface area contributed by atoms with Gasteiger partial charge in [-0.15, -0.1) is 0 Å². The van der Waals surface area contributed by atoms with Crippen LogP contribution in [0.5, 0.6) is 17.2 Å². The molecule has 0 aliphatic heterocycles. The van der Waals surface area contributed by atoms with E-state index in [2.05, 4.69) is 0 Å². The topological polar surface area (TPSA) is 100 Å². The minimum atomic E-state index is -0.726. The lowest BCUT2D eigenvalue weighted by molar-refractivity contribution is 0.124. The van der Waals surface area contributed by atoms with Gasteiger partial charge in [0.2, 0.25) is 5.43 Å². The van der Waals surface area contributed by atoms with Crippen molar-refractivity contribution >= 4 is 11.0 Å². The third-order valence-electron chi connectivity index (χ3n) is 5.62. The van der Waals surface area contributed by atoms with Crippen LogP contribution >= 0.6 is 0 Å². The van der Waals surface area contributed by atoms with E-state index < -0.39 is 6.10 Å². The Morgan fingerprint density at radius 3 is 2.34 bits per heavy atom. The standard InChI is InChI=1S/C26H30O6/c1-14(2)6-11-18-23(29)19(12-21(28)15(3)4)25(31-5)22-24(30)20(13-32-26(18)22)16-7-9-17(27)10-8-16/h6-10,13,15,21,27-29H,11-12H2,1-5H3/t21-/m0/s1. The second kappa shape index (κ2) is 9.49. The zero-order chi connectivity index (χ0) is 23.6. The maximum atomic E-state index is 13.6. The van der Waals surface area contributed by atoms with Crippen LogP contribution < -0.4 is 10.2 Å². The summed E-state index contributed by atoms with van der Waals surface area (Å²) in [5, 5.41) is 31.5. The lowest BCUT2D eigenvalue weighted by Crippen LogP contribution is -2.19. The van der Waals surface area contributed by atoms with Crippen LogP contribution in [0.2, 0.25) is 0 Å². The quantitative estimate of drug-likeness (QED) is 0.452. The fourth-order valence-electron chi connectivity index (χ4n) is 3.64. The number of hydrogen-bond donors (Lipinski definition) is 3. The second-order valence-corrected chi connectivity index (χ2v) is 8.57. The molecule has 170 valence electrons. The fraction of sp³-hybridized carbons (Fsp3) is 0.346. The van der Waals surface area contributed by atoms with E-state index in [1.807, 2.05) is 33.8 Å². The number of benzene rings is 2. The van der Waals surface area contributed by atoms with Crippen LogP contribution in [-0.2, 0) is 12.8 Å². The van der Waals surface area contributed by atoms with Crippen LogP contribution in [-0.4, -0.2) is 28.5 Å². The van der Waals surface area contributed by atoms with Crippen molar-refractivity contribution in [2.24, 2.45) is 5.92 Å². The van der Waals surface area contributed by atoms with E-state index in [-0.39, 0.29) is 46.0 Å². The number of aliphatic hydroxyl groups excluding tert-OH is 1. The maximum absolute atomic E-state index is 13.6. The summed E-state index contributed by atoms with van der Waals surface area (Å²) < 4.78 is 11.5. The molecular weight excluding hydrogens is 408 g/mol. The number of phenols is 2. The predicted molar refractivity (Wildman–Crippen MR) is 125 cm³/mol. The first-order valence-corrected chi connectivity index (χ1v) is 10.6. The van der Waals surface area contributed by atoms with Crippen LogP contribution in [0.4, 0.5) is 0 Å². The van der Waals surface area contributed by atoms with Crippen LogP contribution in [0, 0.1) is 5.92 Å². The molecule has 0 unspecified atom stereocenters. The molecule has 2 aromatic carbocycles. The molecule has 3 N–H and O–H groups in total. The number of hydrogen-bond acceptors (Lipinski definition) is 6. The van der Waals surface area contributed by atoms with E-state index in [0.29, 0.717) is 28.7 Å². The summed E-state index contributed by atoms with van der Waals surface area (Å²) in [6, 6.07) is 6.26. The number of ether oxygens (including phenoxy) is 1. The minimum Gasteiger partial charge on any atom is -0.508 e. The molecule has 0 bridgehead atoms. The maximum Gasteiger partial charge on any atom is 0.204 e. The lowest BCUT2D eigenvalue weighted by Gasteiger charge is -2.21. The van der Waals surface area contributed by atoms with Crippen LogP contribution in [0.15, 0.2) is 51.4 Å². The van der Waals surface area contributed by atoms with Crippen molar-refractivity contribution in [3.8, 4) is 28.4 Å². The van der Waals surface area contributed by atoms with E-state index in [1.54, 1.807) is 12.1 Å². The Hall–Kier alpha value is -3.25. The van der Waals surface area contributed by atoms with Gasteiger partial charge in [-0.25, -0.2) is 0 Å². The zero-order valence-electron chi connectivity index (χ0n) is 19.1. The van der Waals surface area contributed by atoms with Gasteiger partial charge >= 0.3 is 0 Å². The van der Waals surface area contributed by atoms with Gasteiger partial charge in [0.1, 0.15) is 34.5 Å². The number of allylic oxidation sites excluding steroid dienone is 2. The Kier molecular flexibility index (Phi) is 6.94. The fourth-order valence-corrected chi connectivity index (χ4v) is 3.64. The summed E-state index contributed by atoms with van der Waals surface area (Å²) in [5.41, 5.74) is 2.75. The molecule has 0 radical (unpaired) electrons. The van der Waals surface area contributed by atoms with Crippen molar-refractivity contribution in [1.82, 2.24) is 0 Å². The van der Waals surface area contributed by atoms with Gasteiger partial charge in [0.25, 0.3) is 0 Å². The van der Waals surface area contributed by atoms with Gasteiger partial charge in [-0.3, -0.25) is 4.79 Å². The first-order valence-electron chi connectivity index (χ1n) is 10.6. The monoisotopic (exact) mass is 438 g/mol. The normalized spacial score (nSPS) is 12.2. The van der Waals surface area contributed by atoms with Crippen molar-refractivity contribution in [2.75, 3.05) is 7.11 Å². The van der Waals surface area contributed by atoms with Crippen molar-refractivity contribution < 1.29 is 24.5 Å². The third-order valence-corrected chi connectivity index (χ3v) is 5.62. The molecule has 32 heavy (non-hydrogen) atoms. The molecule has 0 aliphatic rings. The van der Waals surface area contributed by atoms with Gasteiger partial charge in [0.15, 0.2) is 0 Å². The summed E-state index contributed by atoms with van der Waals surface area (Å²) in [6.07, 6.45) is 3.08. The third kappa shape index (κ3) is 4.50. The van der Waals surface area contributed by atoms with Crippen LogP contribution in [0.25, 0.3) is 22.1 Å². The molecule has 0 fully saturated rings. The van der Waals surface area contributed by atoms with Gasteiger partial charge in [0.05, 0.1) is 18.8 Å². The molecule has 6 heteroatoms. The molecule has 0 amide bonds. The number of fused-ring (bicyclic) bond motifs is 1. The van der Waals surface area contributed by atoms with Gasteiger partial charge in [-0.2, -0.15) is 0 Å². The molecule has 1 aromatic heterocycles. The Morgan fingerprint density at radius 2 is 1.78 bits per heavy atom. The molecule has 0 saturated heterocycles. The molecule has 1 heterocycles. The van der Waals surface area contributed by atoms with Gasteiger partial charge in [-0.05, 0) is 43.9 Å². The first kappa shape index (κ1) is 23.4. The Bertz CT molecular complexity index is 1200. The van der Waals surface area contributed by atoms with Crippen molar-refractivity contribution in [2.45, 2.75) is 46.6 Å². The zero-order valence-corrected chi connectivity index (χ0v) is 19.1. The highest BCUT2D eigenvalue weighted by Gasteiger charge is 2.26. The average Bonchev–Trinajstić information content (AvgIpc) is 2.74. The van der Waals surface area contributed by atoms with Crippen molar-refractivity contribution in [3.63, 3.8) is 0 Å². The van der Waals surface area contributed by atoms with E-state index in [9.17, 15) is 20.1 Å². The Balaban J connectivity index is 2.38.